The van der Waals surface area contributed by atoms with E-state index >= 15 is 0 Å². The number of Topliss-reactive ketones (excluding diaryl/α,β-unsaturated/α-hetero) is 1. The van der Waals surface area contributed by atoms with Crippen LogP contribution < -0.4 is 9.64 Å². The van der Waals surface area contributed by atoms with Gasteiger partial charge in [0.1, 0.15) is 23.9 Å². The quantitative estimate of drug-likeness (QED) is 0.0622. The Bertz CT molecular complexity index is 1840. The van der Waals surface area contributed by atoms with E-state index in [4.69, 9.17) is 4.74 Å². The summed E-state index contributed by atoms with van der Waals surface area (Å²) in [7, 11) is 0. The van der Waals surface area contributed by atoms with Crippen molar-refractivity contribution in [2.75, 3.05) is 4.90 Å². The molecular weight excluding hydrogens is 600 g/mol. The number of aliphatic hydroxyl groups is 1. The van der Waals surface area contributed by atoms with Crippen LogP contribution in [0.15, 0.2) is 107 Å². The Morgan fingerprint density at radius 1 is 1.00 bits per heavy atom. The minimum Gasteiger partial charge on any atom is -0.507 e. The van der Waals surface area contributed by atoms with Crippen LogP contribution in [0.1, 0.15) is 33.9 Å². The van der Waals surface area contributed by atoms with Gasteiger partial charge >= 0.3 is 5.91 Å². The Hall–Kier alpha value is -4.87. The summed E-state index contributed by atoms with van der Waals surface area (Å²) in [5.41, 5.74) is 3.89. The number of anilines is 1. The fraction of sp³-hybridized carbons (Fsp3) is 0.121. The number of pyridine rings is 1. The molecule has 1 saturated heterocycles. The fourth-order valence-electron chi connectivity index (χ4n) is 4.76. The van der Waals surface area contributed by atoms with Crippen molar-refractivity contribution >= 4 is 45.7 Å². The van der Waals surface area contributed by atoms with Crippen molar-refractivity contribution in [3.8, 4) is 5.75 Å². The van der Waals surface area contributed by atoms with Crippen molar-refractivity contribution in [3.05, 3.63) is 137 Å². The summed E-state index contributed by atoms with van der Waals surface area (Å²) in [6.45, 7) is 2.40. The van der Waals surface area contributed by atoms with Crippen molar-refractivity contribution in [2.45, 2.75) is 29.7 Å². The second-order valence-electron chi connectivity index (χ2n) is 9.96. The second-order valence-corrected chi connectivity index (χ2v) is 12.1. The monoisotopic (exact) mass is 624 g/mol. The number of hydrogen-bond acceptors (Lipinski definition) is 9. The first-order valence-electron chi connectivity index (χ1n) is 13.6. The van der Waals surface area contributed by atoms with E-state index in [0.29, 0.717) is 33.6 Å². The van der Waals surface area contributed by atoms with E-state index in [1.165, 1.54) is 28.8 Å². The Morgan fingerprint density at radius 2 is 1.77 bits per heavy atom. The first-order valence-corrected chi connectivity index (χ1v) is 15.4. The van der Waals surface area contributed by atoms with Crippen LogP contribution in [0.4, 0.5) is 9.52 Å². The molecule has 1 aliphatic heterocycles. The molecule has 1 N–H and O–H groups in total. The van der Waals surface area contributed by atoms with E-state index in [0.717, 1.165) is 28.0 Å². The summed E-state index contributed by atoms with van der Waals surface area (Å²) in [5, 5.41) is 20.1. The van der Waals surface area contributed by atoms with Crippen LogP contribution in [-0.2, 0) is 21.9 Å². The van der Waals surface area contributed by atoms with Gasteiger partial charge < -0.3 is 9.84 Å². The van der Waals surface area contributed by atoms with E-state index in [9.17, 15) is 19.1 Å². The summed E-state index contributed by atoms with van der Waals surface area (Å²) >= 11 is 2.53. The molecule has 1 atom stereocenters. The number of ketones is 1. The highest BCUT2D eigenvalue weighted by Gasteiger charge is 2.48. The third-order valence-electron chi connectivity index (χ3n) is 7.11. The topological polar surface area (TPSA) is 106 Å². The number of halogens is 1. The molecule has 5 aromatic rings. The first-order chi connectivity index (χ1) is 21.4. The number of aromatic nitrogens is 3. The maximum absolute atomic E-state index is 13.5. The van der Waals surface area contributed by atoms with Crippen molar-refractivity contribution < 1.29 is 23.8 Å². The molecule has 2 aromatic heterocycles. The van der Waals surface area contributed by atoms with Gasteiger partial charge in [0.2, 0.25) is 5.13 Å². The lowest BCUT2D eigenvalue weighted by Crippen LogP contribution is -2.29. The number of rotatable bonds is 9. The third-order valence-corrected chi connectivity index (χ3v) is 9.23. The summed E-state index contributed by atoms with van der Waals surface area (Å²) in [6, 6.07) is 23.3. The van der Waals surface area contributed by atoms with E-state index in [1.54, 1.807) is 60.9 Å². The second kappa shape index (κ2) is 12.8. The number of amides is 1. The Morgan fingerprint density at radius 3 is 2.50 bits per heavy atom. The summed E-state index contributed by atoms with van der Waals surface area (Å²) < 4.78 is 19.8. The van der Waals surface area contributed by atoms with Crippen molar-refractivity contribution in [1.29, 1.82) is 0 Å². The van der Waals surface area contributed by atoms with Crippen LogP contribution in [0.25, 0.3) is 5.76 Å². The van der Waals surface area contributed by atoms with Crippen LogP contribution in [0, 0.1) is 12.7 Å². The minimum atomic E-state index is -0.969. The Labute approximate surface area is 260 Å². The van der Waals surface area contributed by atoms with Crippen LogP contribution in [0.2, 0.25) is 0 Å². The van der Waals surface area contributed by atoms with Gasteiger partial charge in [-0.05, 0) is 71.6 Å². The number of carbonyl (C=O) groups excluding carboxylic acids is 2. The number of hydrogen-bond donors (Lipinski definition) is 1. The summed E-state index contributed by atoms with van der Waals surface area (Å²) in [6.07, 6.45) is 3.13. The molecule has 0 spiro atoms. The molecule has 0 bridgehead atoms. The first kappa shape index (κ1) is 29.2. The Kier molecular flexibility index (Phi) is 8.49. The van der Waals surface area contributed by atoms with Crippen LogP contribution in [0.5, 0.6) is 5.75 Å². The zero-order valence-electron chi connectivity index (χ0n) is 23.4. The van der Waals surface area contributed by atoms with Crippen molar-refractivity contribution in [1.82, 2.24) is 15.2 Å². The SMILES string of the molecule is Cc1ccccc1COc1ccc(C(O)=C2C(=O)C(=O)N(c3nnc(SCc4ccc(F)cc4)s3)C2c2cccnc2)cc1. The van der Waals surface area contributed by atoms with Gasteiger partial charge in [0.05, 0.1) is 11.6 Å². The molecule has 1 amide bonds. The molecule has 0 saturated carbocycles. The predicted octanol–water partition coefficient (Wildman–Crippen LogP) is 6.88. The lowest BCUT2D eigenvalue weighted by molar-refractivity contribution is -0.132. The molecule has 6 rings (SSSR count). The van der Waals surface area contributed by atoms with E-state index < -0.39 is 17.7 Å². The molecule has 1 fully saturated rings. The maximum atomic E-state index is 13.5. The molecule has 0 radical (unpaired) electrons. The maximum Gasteiger partial charge on any atom is 0.301 e. The molecule has 3 heterocycles. The van der Waals surface area contributed by atoms with Gasteiger partial charge in [0.25, 0.3) is 5.78 Å². The summed E-state index contributed by atoms with van der Waals surface area (Å²) in [5.74, 6) is -1.19. The molecule has 1 unspecified atom stereocenters. The van der Waals surface area contributed by atoms with Crippen LogP contribution in [0.3, 0.4) is 0 Å². The number of aryl methyl sites for hydroxylation is 1. The molecule has 0 aliphatic carbocycles. The highest BCUT2D eigenvalue weighted by molar-refractivity contribution is 8.00. The summed E-state index contributed by atoms with van der Waals surface area (Å²) in [4.78, 5) is 32.3. The van der Waals surface area contributed by atoms with Gasteiger partial charge in [-0.1, -0.05) is 65.6 Å². The lowest BCUT2D eigenvalue weighted by atomic mass is 9.96. The number of thioether (sulfide) groups is 1. The molecule has 220 valence electrons. The number of ether oxygens (including phenoxy) is 1. The Balaban J connectivity index is 1.28. The molecule has 11 heteroatoms. The van der Waals surface area contributed by atoms with Gasteiger partial charge in [-0.3, -0.25) is 19.5 Å². The van der Waals surface area contributed by atoms with E-state index in [-0.39, 0.29) is 22.3 Å². The zero-order chi connectivity index (χ0) is 30.6. The number of nitrogens with zero attached hydrogens (tertiary/aromatic N) is 4. The van der Waals surface area contributed by atoms with Crippen molar-refractivity contribution in [2.24, 2.45) is 0 Å². The standard InChI is InChI=1S/C33H25FN4O4S2/c1-20-5-2-3-6-24(20)18-42-26-14-10-22(11-15-26)29(39)27-28(23-7-4-16-35-17-23)38(31(41)30(27)40)32-36-37-33(44-32)43-19-21-8-12-25(34)13-9-21/h2-17,28,39H,18-19H2,1H3. The average molecular weight is 625 g/mol. The van der Waals surface area contributed by atoms with Gasteiger partial charge in [-0.25, -0.2) is 4.39 Å². The smallest absolute Gasteiger partial charge is 0.301 e. The highest BCUT2D eigenvalue weighted by atomic mass is 32.2. The van der Waals surface area contributed by atoms with Gasteiger partial charge in [-0.2, -0.15) is 0 Å². The number of aliphatic hydroxyl groups excluding tert-OH is 1. The van der Waals surface area contributed by atoms with Crippen LogP contribution >= 0.6 is 23.1 Å². The largest absolute Gasteiger partial charge is 0.507 e. The number of benzene rings is 3. The third kappa shape index (κ3) is 6.10. The average Bonchev–Trinajstić information content (AvgIpc) is 3.62. The van der Waals surface area contributed by atoms with Gasteiger partial charge in [0, 0.05) is 23.7 Å². The molecule has 8 nitrogen and oxygen atoms in total. The van der Waals surface area contributed by atoms with E-state index in [2.05, 4.69) is 15.2 Å². The van der Waals surface area contributed by atoms with Crippen molar-refractivity contribution in [3.63, 3.8) is 0 Å². The normalized spacial score (nSPS) is 16.0. The molecule has 3 aromatic carbocycles. The van der Waals surface area contributed by atoms with Gasteiger partial charge in [-0.15, -0.1) is 10.2 Å². The van der Waals surface area contributed by atoms with E-state index in [1.807, 2.05) is 31.2 Å². The number of carbonyl (C=O) groups is 2. The molecule has 44 heavy (non-hydrogen) atoms. The highest BCUT2D eigenvalue weighted by Crippen LogP contribution is 2.44. The fourth-order valence-corrected chi connectivity index (χ4v) is 6.59. The minimum absolute atomic E-state index is 0.0766. The lowest BCUT2D eigenvalue weighted by Gasteiger charge is -2.22. The zero-order valence-corrected chi connectivity index (χ0v) is 25.0. The molecule has 1 aliphatic rings. The molecular formula is C33H25FN4O4S2. The van der Waals surface area contributed by atoms with Gasteiger partial charge in [0.15, 0.2) is 4.34 Å². The predicted molar refractivity (Wildman–Crippen MR) is 167 cm³/mol. The van der Waals surface area contributed by atoms with Crippen LogP contribution in [-0.4, -0.2) is 32.0 Å².